The van der Waals surface area contributed by atoms with Gasteiger partial charge in [-0.25, -0.2) is 0 Å². The third-order valence-electron chi connectivity index (χ3n) is 4.67. The van der Waals surface area contributed by atoms with Crippen LogP contribution >= 0.6 is 0 Å². The van der Waals surface area contributed by atoms with Crippen molar-refractivity contribution >= 4 is 16.9 Å². The molecule has 1 aliphatic heterocycles. The first-order valence-corrected chi connectivity index (χ1v) is 8.95. The Kier molecular flexibility index (Phi) is 4.81. The molecule has 1 aromatic carbocycles. The van der Waals surface area contributed by atoms with E-state index in [2.05, 4.69) is 15.5 Å². The number of aryl methyl sites for hydroxylation is 1. The highest BCUT2D eigenvalue weighted by Gasteiger charge is 2.24. The minimum Gasteiger partial charge on any atom is -0.497 e. The molecule has 0 aliphatic carbocycles. The van der Waals surface area contributed by atoms with Gasteiger partial charge in [0.25, 0.3) is 11.8 Å². The topological polar surface area (TPSA) is 99.6 Å². The van der Waals surface area contributed by atoms with Crippen molar-refractivity contribution in [3.8, 4) is 5.75 Å². The van der Waals surface area contributed by atoms with Gasteiger partial charge in [0, 0.05) is 36.6 Å². The van der Waals surface area contributed by atoms with E-state index in [1.807, 2.05) is 19.1 Å². The molecule has 4 rings (SSSR count). The van der Waals surface area contributed by atoms with Gasteiger partial charge in [-0.3, -0.25) is 4.79 Å². The Hall–Kier alpha value is -2.87. The molecule has 0 radical (unpaired) electrons. The minimum absolute atomic E-state index is 0.101. The zero-order valence-electron chi connectivity index (χ0n) is 15.3. The van der Waals surface area contributed by atoms with E-state index < -0.39 is 0 Å². The number of nitrogens with one attached hydrogen (secondary N) is 1. The van der Waals surface area contributed by atoms with Crippen molar-refractivity contribution in [1.29, 1.82) is 0 Å². The number of hydrogen-bond acceptors (Lipinski definition) is 7. The van der Waals surface area contributed by atoms with E-state index in [-0.39, 0.29) is 12.0 Å². The highest BCUT2D eigenvalue weighted by Crippen LogP contribution is 2.29. The molecule has 0 saturated carbocycles. The van der Waals surface area contributed by atoms with Crippen LogP contribution in [0.4, 0.5) is 0 Å². The second-order valence-corrected chi connectivity index (χ2v) is 6.47. The van der Waals surface area contributed by atoms with Gasteiger partial charge in [-0.1, -0.05) is 5.16 Å². The fourth-order valence-electron chi connectivity index (χ4n) is 3.19. The maximum atomic E-state index is 12.5. The van der Waals surface area contributed by atoms with E-state index >= 15 is 0 Å². The van der Waals surface area contributed by atoms with Gasteiger partial charge in [-0.15, -0.1) is 0 Å². The first-order valence-electron chi connectivity index (χ1n) is 8.95. The lowest BCUT2D eigenvalue weighted by Crippen LogP contribution is -2.26. The normalized spacial score (nSPS) is 16.7. The summed E-state index contributed by atoms with van der Waals surface area (Å²) in [6.07, 6.45) is 2.26. The van der Waals surface area contributed by atoms with E-state index in [1.54, 1.807) is 13.2 Å². The van der Waals surface area contributed by atoms with Crippen LogP contribution in [-0.2, 0) is 11.2 Å². The largest absolute Gasteiger partial charge is 0.497 e. The predicted octanol–water partition coefficient (Wildman–Crippen LogP) is 2.96. The number of rotatable bonds is 6. The molecule has 3 aromatic rings. The lowest BCUT2D eigenvalue weighted by Gasteiger charge is -2.02. The van der Waals surface area contributed by atoms with Crippen LogP contribution in [0.5, 0.6) is 5.75 Å². The Morgan fingerprint density at radius 2 is 2.30 bits per heavy atom. The highest BCUT2D eigenvalue weighted by atomic mass is 16.5. The van der Waals surface area contributed by atoms with Crippen molar-refractivity contribution in [3.63, 3.8) is 0 Å². The summed E-state index contributed by atoms with van der Waals surface area (Å²) in [4.78, 5) is 16.8. The molecule has 1 N–H and O–H groups in total. The first-order chi connectivity index (χ1) is 13.2. The average molecular weight is 371 g/mol. The molecule has 8 heteroatoms. The molecule has 1 saturated heterocycles. The molecule has 1 fully saturated rings. The molecule has 1 amide bonds. The van der Waals surface area contributed by atoms with Gasteiger partial charge >= 0.3 is 0 Å². The number of carbonyl (C=O) groups is 1. The van der Waals surface area contributed by atoms with Gasteiger partial charge < -0.3 is 23.7 Å². The Bertz CT molecular complexity index is 956. The number of nitrogens with zero attached hydrogens (tertiary/aromatic N) is 2. The van der Waals surface area contributed by atoms with Crippen LogP contribution in [0.1, 0.15) is 46.8 Å². The van der Waals surface area contributed by atoms with Gasteiger partial charge in [-0.2, -0.15) is 4.98 Å². The smallest absolute Gasteiger partial charge is 0.287 e. The maximum absolute atomic E-state index is 12.5. The molecule has 0 spiro atoms. The van der Waals surface area contributed by atoms with Gasteiger partial charge in [0.15, 0.2) is 11.6 Å². The Balaban J connectivity index is 1.38. The monoisotopic (exact) mass is 371 g/mol. The molecule has 2 aromatic heterocycles. The highest BCUT2D eigenvalue weighted by molar-refractivity contribution is 5.99. The molecule has 3 heterocycles. The number of furan rings is 1. The molecule has 8 nitrogen and oxygen atoms in total. The zero-order valence-corrected chi connectivity index (χ0v) is 15.3. The quantitative estimate of drug-likeness (QED) is 0.711. The second-order valence-electron chi connectivity index (χ2n) is 6.47. The Labute approximate surface area is 155 Å². The minimum atomic E-state index is -0.273. The summed E-state index contributed by atoms with van der Waals surface area (Å²) in [5.74, 6) is 1.77. The van der Waals surface area contributed by atoms with Gasteiger partial charge in [-0.05, 0) is 31.9 Å². The first kappa shape index (κ1) is 17.5. The van der Waals surface area contributed by atoms with Crippen LogP contribution in [0, 0.1) is 6.92 Å². The van der Waals surface area contributed by atoms with Crippen molar-refractivity contribution in [1.82, 2.24) is 15.5 Å². The predicted molar refractivity (Wildman–Crippen MR) is 95.8 cm³/mol. The number of fused-ring (bicyclic) bond motifs is 1. The van der Waals surface area contributed by atoms with Crippen LogP contribution < -0.4 is 10.1 Å². The van der Waals surface area contributed by atoms with Crippen molar-refractivity contribution in [2.24, 2.45) is 0 Å². The molecular formula is C19H21N3O5. The standard InChI is InChI=1S/C19H21N3O5/c1-11-13-6-5-12(24-2)10-15(13)26-17(11)18(23)20-8-7-16-21-19(27-22-16)14-4-3-9-25-14/h5-6,10,14H,3-4,7-9H2,1-2H3,(H,20,23)/t14-/m0/s1. The van der Waals surface area contributed by atoms with Crippen molar-refractivity contribution < 1.29 is 23.2 Å². The lowest BCUT2D eigenvalue weighted by atomic mass is 10.1. The number of benzene rings is 1. The number of ether oxygens (including phenoxy) is 2. The zero-order chi connectivity index (χ0) is 18.8. The van der Waals surface area contributed by atoms with Crippen molar-refractivity contribution in [2.75, 3.05) is 20.3 Å². The number of amides is 1. The molecular weight excluding hydrogens is 350 g/mol. The van der Waals surface area contributed by atoms with E-state index in [9.17, 15) is 4.79 Å². The molecule has 142 valence electrons. The van der Waals surface area contributed by atoms with E-state index in [1.165, 1.54) is 0 Å². The molecule has 0 unspecified atom stereocenters. The van der Waals surface area contributed by atoms with Gasteiger partial charge in [0.05, 0.1) is 7.11 Å². The van der Waals surface area contributed by atoms with Gasteiger partial charge in [0.1, 0.15) is 17.4 Å². The second kappa shape index (κ2) is 7.40. The lowest BCUT2D eigenvalue weighted by molar-refractivity contribution is 0.0835. The number of aromatic nitrogens is 2. The van der Waals surface area contributed by atoms with Crippen LogP contribution in [-0.4, -0.2) is 36.3 Å². The molecule has 1 aliphatic rings. The Morgan fingerprint density at radius 3 is 3.07 bits per heavy atom. The fourth-order valence-corrected chi connectivity index (χ4v) is 3.19. The number of carbonyl (C=O) groups excluding carboxylic acids is 1. The van der Waals surface area contributed by atoms with Crippen LogP contribution in [0.2, 0.25) is 0 Å². The third-order valence-corrected chi connectivity index (χ3v) is 4.67. The van der Waals surface area contributed by atoms with E-state index in [4.69, 9.17) is 18.4 Å². The molecule has 27 heavy (non-hydrogen) atoms. The summed E-state index contributed by atoms with van der Waals surface area (Å²) in [5.41, 5.74) is 1.42. The Morgan fingerprint density at radius 1 is 1.41 bits per heavy atom. The summed E-state index contributed by atoms with van der Waals surface area (Å²) in [6, 6.07) is 5.50. The van der Waals surface area contributed by atoms with Crippen molar-refractivity contribution in [3.05, 3.63) is 41.2 Å². The number of hydrogen-bond donors (Lipinski definition) is 1. The van der Waals surface area contributed by atoms with Gasteiger partial charge in [0.2, 0.25) is 0 Å². The maximum Gasteiger partial charge on any atom is 0.287 e. The van der Waals surface area contributed by atoms with E-state index in [0.29, 0.717) is 41.8 Å². The van der Waals surface area contributed by atoms with Crippen LogP contribution in [0.3, 0.4) is 0 Å². The molecule has 1 atom stereocenters. The van der Waals surface area contributed by atoms with E-state index in [0.717, 1.165) is 30.4 Å². The molecule has 0 bridgehead atoms. The number of methoxy groups -OCH3 is 1. The third kappa shape index (κ3) is 3.52. The summed E-state index contributed by atoms with van der Waals surface area (Å²) in [5, 5.41) is 7.68. The average Bonchev–Trinajstić information content (AvgIpc) is 3.41. The van der Waals surface area contributed by atoms with Crippen LogP contribution in [0.25, 0.3) is 11.0 Å². The summed E-state index contributed by atoms with van der Waals surface area (Å²) >= 11 is 0. The van der Waals surface area contributed by atoms with Crippen LogP contribution in [0.15, 0.2) is 27.1 Å². The SMILES string of the molecule is COc1ccc2c(C)c(C(=O)NCCc3noc([C@@H]4CCCO4)n3)oc2c1. The summed E-state index contributed by atoms with van der Waals surface area (Å²) < 4.78 is 21.7. The fraction of sp³-hybridized carbons (Fsp3) is 0.421. The summed E-state index contributed by atoms with van der Waals surface area (Å²) in [6.45, 7) is 2.96. The van der Waals surface area contributed by atoms with Crippen molar-refractivity contribution in [2.45, 2.75) is 32.3 Å². The summed E-state index contributed by atoms with van der Waals surface area (Å²) in [7, 11) is 1.59.